The Morgan fingerprint density at radius 1 is 1.05 bits per heavy atom. The molecule has 0 unspecified atom stereocenters. The van der Waals surface area contributed by atoms with Crippen LogP contribution in [0.2, 0.25) is 0 Å². The van der Waals surface area contributed by atoms with Gasteiger partial charge in [0.1, 0.15) is 21.3 Å². The van der Waals surface area contributed by atoms with Gasteiger partial charge in [0, 0.05) is 13.8 Å². The monoisotopic (exact) mass is 298 g/mol. The molecule has 0 bridgehead atoms. The first-order chi connectivity index (χ1) is 8.97. The van der Waals surface area contributed by atoms with Gasteiger partial charge in [0.25, 0.3) is 0 Å². The fourth-order valence-electron chi connectivity index (χ4n) is 1.28. The van der Waals surface area contributed by atoms with Crippen LogP contribution in [0.3, 0.4) is 0 Å². The van der Waals surface area contributed by atoms with Crippen LogP contribution in [0.15, 0.2) is 22.9 Å². The molecule has 6 heteroatoms. The molecule has 1 N–H and O–H groups in total. The first-order valence-electron chi connectivity index (χ1n) is 5.37. The Hall–Kier alpha value is -1.66. The second kappa shape index (κ2) is 7.06. The van der Waals surface area contributed by atoms with Crippen molar-refractivity contribution >= 4 is 34.2 Å². The predicted octanol–water partition coefficient (Wildman–Crippen LogP) is 3.62. The molecule has 0 fully saturated rings. The summed E-state index contributed by atoms with van der Waals surface area (Å²) in [6.45, 7) is 2.97. The van der Waals surface area contributed by atoms with Gasteiger partial charge in [-0.15, -0.1) is 22.7 Å². The Morgan fingerprint density at radius 2 is 1.58 bits per heavy atom. The number of rotatable bonds is 3. The lowest BCUT2D eigenvalue weighted by molar-refractivity contribution is 0.101. The third kappa shape index (κ3) is 4.18. The van der Waals surface area contributed by atoms with Crippen LogP contribution >= 0.6 is 22.7 Å². The number of aromatic hydroxyl groups is 1. The molecule has 0 atom stereocenters. The molecule has 0 saturated carbocycles. The number of carbonyl (C=O) groups is 2. The van der Waals surface area contributed by atoms with E-state index in [-0.39, 0.29) is 17.3 Å². The SMILES string of the molecule is CC(=O)c1sccc1O.COc1ccsc1C(C)=O. The molecule has 19 heavy (non-hydrogen) atoms. The van der Waals surface area contributed by atoms with Crippen LogP contribution in [0.4, 0.5) is 0 Å². The second-order valence-electron chi connectivity index (χ2n) is 3.57. The normalized spacial score (nSPS) is 9.42. The fourth-order valence-corrected chi connectivity index (χ4v) is 2.73. The molecule has 0 saturated heterocycles. The molecule has 2 heterocycles. The van der Waals surface area contributed by atoms with Crippen molar-refractivity contribution in [2.75, 3.05) is 7.11 Å². The van der Waals surface area contributed by atoms with E-state index >= 15 is 0 Å². The Kier molecular flexibility index (Phi) is 5.72. The molecule has 0 aromatic carbocycles. The zero-order chi connectivity index (χ0) is 14.4. The Balaban J connectivity index is 0.000000191. The first kappa shape index (κ1) is 15.4. The molecule has 0 amide bonds. The summed E-state index contributed by atoms with van der Waals surface area (Å²) in [6.07, 6.45) is 0. The van der Waals surface area contributed by atoms with Crippen LogP contribution in [-0.2, 0) is 0 Å². The van der Waals surface area contributed by atoms with Crippen molar-refractivity contribution in [3.05, 3.63) is 32.6 Å². The number of methoxy groups -OCH3 is 1. The first-order valence-corrected chi connectivity index (χ1v) is 7.13. The Bertz CT molecular complexity index is 569. The maximum Gasteiger partial charge on any atom is 0.173 e. The van der Waals surface area contributed by atoms with E-state index in [1.54, 1.807) is 18.6 Å². The number of thiophene rings is 2. The third-order valence-electron chi connectivity index (χ3n) is 2.13. The van der Waals surface area contributed by atoms with Crippen LogP contribution in [0.5, 0.6) is 11.5 Å². The smallest absolute Gasteiger partial charge is 0.173 e. The van der Waals surface area contributed by atoms with Crippen LogP contribution in [0, 0.1) is 0 Å². The van der Waals surface area contributed by atoms with E-state index in [9.17, 15) is 9.59 Å². The Labute approximate surface area is 119 Å². The van der Waals surface area contributed by atoms with Crippen molar-refractivity contribution in [2.45, 2.75) is 13.8 Å². The summed E-state index contributed by atoms with van der Waals surface area (Å²) in [6, 6.07) is 3.31. The highest BCUT2D eigenvalue weighted by molar-refractivity contribution is 7.12. The van der Waals surface area contributed by atoms with Gasteiger partial charge in [-0.2, -0.15) is 0 Å². The number of carbonyl (C=O) groups excluding carboxylic acids is 2. The minimum absolute atomic E-state index is 0.0619. The van der Waals surface area contributed by atoms with Gasteiger partial charge in [-0.3, -0.25) is 9.59 Å². The van der Waals surface area contributed by atoms with E-state index in [2.05, 4.69) is 0 Å². The molecular weight excluding hydrogens is 284 g/mol. The quantitative estimate of drug-likeness (QED) is 0.879. The predicted molar refractivity (Wildman–Crippen MR) is 76.9 cm³/mol. The summed E-state index contributed by atoms with van der Waals surface area (Å²) in [4.78, 5) is 22.5. The van der Waals surface area contributed by atoms with Gasteiger partial charge in [-0.05, 0) is 22.9 Å². The Morgan fingerprint density at radius 3 is 1.89 bits per heavy atom. The highest BCUT2D eigenvalue weighted by Gasteiger charge is 2.07. The standard InChI is InChI=1S/C7H8O2S.C6H6O2S/c1-5(8)7-6(9-2)3-4-10-7;1-4(7)6-5(8)2-3-9-6/h3-4H,1-2H3;2-3,8H,1H3. The van der Waals surface area contributed by atoms with Crippen molar-refractivity contribution in [2.24, 2.45) is 0 Å². The topological polar surface area (TPSA) is 63.6 Å². The third-order valence-corrected chi connectivity index (χ3v) is 4.13. The van der Waals surface area contributed by atoms with Gasteiger partial charge in [0.2, 0.25) is 0 Å². The van der Waals surface area contributed by atoms with Gasteiger partial charge in [-0.1, -0.05) is 0 Å². The molecule has 0 aliphatic carbocycles. The van der Waals surface area contributed by atoms with Crippen molar-refractivity contribution in [3.8, 4) is 11.5 Å². The maximum absolute atomic E-state index is 10.8. The van der Waals surface area contributed by atoms with Crippen LogP contribution in [0.25, 0.3) is 0 Å². The average molecular weight is 298 g/mol. The number of ether oxygens (including phenoxy) is 1. The van der Waals surface area contributed by atoms with Gasteiger partial charge in [0.15, 0.2) is 11.6 Å². The van der Waals surface area contributed by atoms with E-state index in [1.165, 1.54) is 42.6 Å². The summed E-state index contributed by atoms with van der Waals surface area (Å²) in [5, 5.41) is 12.4. The van der Waals surface area contributed by atoms with Crippen LogP contribution < -0.4 is 4.74 Å². The lowest BCUT2D eigenvalue weighted by Gasteiger charge is -1.95. The minimum atomic E-state index is -0.0810. The number of hydrogen-bond donors (Lipinski definition) is 1. The van der Waals surface area contributed by atoms with Gasteiger partial charge >= 0.3 is 0 Å². The molecule has 0 radical (unpaired) electrons. The minimum Gasteiger partial charge on any atom is -0.506 e. The number of hydrogen-bond acceptors (Lipinski definition) is 6. The highest BCUT2D eigenvalue weighted by Crippen LogP contribution is 2.24. The fraction of sp³-hybridized carbons (Fsp3) is 0.231. The van der Waals surface area contributed by atoms with E-state index in [1.807, 2.05) is 5.38 Å². The summed E-state index contributed by atoms with van der Waals surface area (Å²) in [5.74, 6) is 0.749. The maximum atomic E-state index is 10.8. The summed E-state index contributed by atoms with van der Waals surface area (Å²) in [5.41, 5.74) is 0. The highest BCUT2D eigenvalue weighted by atomic mass is 32.1. The summed E-state index contributed by atoms with van der Waals surface area (Å²) >= 11 is 2.67. The molecule has 4 nitrogen and oxygen atoms in total. The molecule has 2 aromatic heterocycles. The van der Waals surface area contributed by atoms with E-state index < -0.39 is 0 Å². The molecule has 0 aliphatic heterocycles. The largest absolute Gasteiger partial charge is 0.506 e. The summed E-state index contributed by atoms with van der Waals surface area (Å²) < 4.78 is 4.94. The zero-order valence-electron chi connectivity index (χ0n) is 10.8. The van der Waals surface area contributed by atoms with Crippen LogP contribution in [0.1, 0.15) is 33.2 Å². The van der Waals surface area contributed by atoms with E-state index in [4.69, 9.17) is 9.84 Å². The van der Waals surface area contributed by atoms with Crippen LogP contribution in [-0.4, -0.2) is 23.8 Å². The van der Waals surface area contributed by atoms with Crippen molar-refractivity contribution in [3.63, 3.8) is 0 Å². The molecule has 2 rings (SSSR count). The zero-order valence-corrected chi connectivity index (χ0v) is 12.4. The van der Waals surface area contributed by atoms with Crippen molar-refractivity contribution in [1.29, 1.82) is 0 Å². The number of ketones is 2. The van der Waals surface area contributed by atoms with Gasteiger partial charge in [-0.25, -0.2) is 0 Å². The lowest BCUT2D eigenvalue weighted by Crippen LogP contribution is -1.90. The van der Waals surface area contributed by atoms with E-state index in [0.29, 0.717) is 15.5 Å². The summed E-state index contributed by atoms with van der Waals surface area (Å²) in [7, 11) is 1.56. The molecule has 2 aromatic rings. The second-order valence-corrected chi connectivity index (χ2v) is 5.40. The lowest BCUT2D eigenvalue weighted by atomic mass is 10.3. The average Bonchev–Trinajstić information content (AvgIpc) is 2.97. The molecular formula is C13H14O4S2. The van der Waals surface area contributed by atoms with Crippen molar-refractivity contribution < 1.29 is 19.4 Å². The van der Waals surface area contributed by atoms with Crippen molar-refractivity contribution in [1.82, 2.24) is 0 Å². The molecule has 0 aliphatic rings. The molecule has 102 valence electrons. The van der Waals surface area contributed by atoms with Gasteiger partial charge in [0.05, 0.1) is 7.11 Å². The van der Waals surface area contributed by atoms with Gasteiger partial charge < -0.3 is 9.84 Å². The molecule has 0 spiro atoms. The van der Waals surface area contributed by atoms with E-state index in [0.717, 1.165) is 0 Å². The number of Topliss-reactive ketones (excluding diaryl/α,β-unsaturated/α-hetero) is 2.